The molecule has 120 valence electrons. The lowest BCUT2D eigenvalue weighted by molar-refractivity contribution is 0.200. The number of aliphatic hydroxyl groups is 1. The minimum Gasteiger partial charge on any atom is -0.609 e. The zero-order valence-electron chi connectivity index (χ0n) is 12.7. The summed E-state index contributed by atoms with van der Waals surface area (Å²) >= 11 is -1.33. The van der Waals surface area contributed by atoms with Crippen molar-refractivity contribution in [1.29, 1.82) is 0 Å². The maximum atomic E-state index is 12.6. The summed E-state index contributed by atoms with van der Waals surface area (Å²) in [5, 5.41) is 9.29. The van der Waals surface area contributed by atoms with E-state index in [-0.39, 0.29) is 19.0 Å². The van der Waals surface area contributed by atoms with E-state index < -0.39 is 11.2 Å². The Bertz CT molecular complexity index is 773. The van der Waals surface area contributed by atoms with Gasteiger partial charge in [-0.25, -0.2) is 0 Å². The molecule has 0 bridgehead atoms. The summed E-state index contributed by atoms with van der Waals surface area (Å²) in [6, 6.07) is 9.30. The molecule has 23 heavy (non-hydrogen) atoms. The predicted octanol–water partition coefficient (Wildman–Crippen LogP) is 1.95. The molecule has 0 amide bonds. The highest BCUT2D eigenvalue weighted by atomic mass is 32.2. The van der Waals surface area contributed by atoms with Crippen molar-refractivity contribution in [1.82, 2.24) is 15.0 Å². The van der Waals surface area contributed by atoms with Crippen molar-refractivity contribution in [2.24, 2.45) is 0 Å². The van der Waals surface area contributed by atoms with Crippen molar-refractivity contribution in [3.05, 3.63) is 47.8 Å². The highest BCUT2D eigenvalue weighted by Crippen LogP contribution is 2.23. The third-order valence-electron chi connectivity index (χ3n) is 3.46. The Kier molecular flexibility index (Phi) is 4.80. The van der Waals surface area contributed by atoms with E-state index in [1.54, 1.807) is 12.3 Å². The first-order valence-electron chi connectivity index (χ1n) is 7.20. The number of nitrogens with zero attached hydrogens (tertiary/aromatic N) is 2. The summed E-state index contributed by atoms with van der Waals surface area (Å²) in [5.41, 5.74) is 3.17. The molecule has 0 aliphatic rings. The SMILES string of the molecule is Cc1c(OCCO)ccnc1C[S+]([O-])c1nc2ccccc2[nH]1. The first-order valence-corrected chi connectivity index (χ1v) is 8.52. The number of hydrogen-bond acceptors (Lipinski definition) is 5. The number of imidazole rings is 1. The average Bonchev–Trinajstić information content (AvgIpc) is 3.00. The Balaban J connectivity index is 1.80. The van der Waals surface area contributed by atoms with Crippen LogP contribution in [0.3, 0.4) is 0 Å². The molecular formula is C16H17N3O3S. The topological polar surface area (TPSA) is 94.1 Å². The van der Waals surface area contributed by atoms with Crippen LogP contribution in [0.2, 0.25) is 0 Å². The highest BCUT2D eigenvalue weighted by molar-refractivity contribution is 7.90. The van der Waals surface area contributed by atoms with Crippen molar-refractivity contribution in [3.8, 4) is 5.75 Å². The van der Waals surface area contributed by atoms with E-state index in [9.17, 15) is 4.55 Å². The zero-order valence-corrected chi connectivity index (χ0v) is 13.5. The average molecular weight is 331 g/mol. The third kappa shape index (κ3) is 3.47. The van der Waals surface area contributed by atoms with Crippen LogP contribution in [0.25, 0.3) is 11.0 Å². The molecule has 6 nitrogen and oxygen atoms in total. The fourth-order valence-electron chi connectivity index (χ4n) is 2.25. The van der Waals surface area contributed by atoms with Gasteiger partial charge in [-0.15, -0.1) is 0 Å². The van der Waals surface area contributed by atoms with Gasteiger partial charge in [0.2, 0.25) is 0 Å². The summed E-state index contributed by atoms with van der Waals surface area (Å²) in [6.07, 6.45) is 1.62. The molecular weight excluding hydrogens is 314 g/mol. The van der Waals surface area contributed by atoms with Crippen molar-refractivity contribution >= 4 is 22.2 Å². The maximum absolute atomic E-state index is 12.6. The Hall–Kier alpha value is -2.09. The van der Waals surface area contributed by atoms with E-state index in [4.69, 9.17) is 9.84 Å². The maximum Gasteiger partial charge on any atom is 0.322 e. The Labute approximate surface area is 136 Å². The number of aromatic nitrogens is 3. The second-order valence-corrected chi connectivity index (χ2v) is 6.37. The molecule has 3 aromatic rings. The number of benzene rings is 1. The van der Waals surface area contributed by atoms with Gasteiger partial charge in [0.15, 0.2) is 5.75 Å². The van der Waals surface area contributed by atoms with Crippen LogP contribution in [0.5, 0.6) is 5.75 Å². The fourth-order valence-corrected chi connectivity index (χ4v) is 3.35. The van der Waals surface area contributed by atoms with Crippen molar-refractivity contribution in [3.63, 3.8) is 0 Å². The van der Waals surface area contributed by atoms with Gasteiger partial charge in [-0.3, -0.25) is 9.97 Å². The lowest BCUT2D eigenvalue weighted by atomic mass is 10.2. The minimum absolute atomic E-state index is 0.0536. The lowest BCUT2D eigenvalue weighted by Gasteiger charge is -2.12. The number of ether oxygens (including phenoxy) is 1. The molecule has 1 aromatic carbocycles. The summed E-state index contributed by atoms with van der Waals surface area (Å²) in [4.78, 5) is 11.7. The van der Waals surface area contributed by atoms with E-state index in [1.807, 2.05) is 31.2 Å². The lowest BCUT2D eigenvalue weighted by Crippen LogP contribution is -2.11. The van der Waals surface area contributed by atoms with Crippen molar-refractivity contribution in [2.45, 2.75) is 17.8 Å². The highest BCUT2D eigenvalue weighted by Gasteiger charge is 2.20. The summed E-state index contributed by atoms with van der Waals surface area (Å²) in [5.74, 6) is 0.896. The molecule has 0 spiro atoms. The van der Waals surface area contributed by atoms with Crippen LogP contribution in [0, 0.1) is 6.92 Å². The number of hydrogen-bond donors (Lipinski definition) is 2. The fraction of sp³-hybridized carbons (Fsp3) is 0.250. The van der Waals surface area contributed by atoms with Gasteiger partial charge in [0.25, 0.3) is 0 Å². The van der Waals surface area contributed by atoms with Crippen molar-refractivity contribution < 1.29 is 14.4 Å². The van der Waals surface area contributed by atoms with Gasteiger partial charge in [0.1, 0.15) is 12.4 Å². The molecule has 0 saturated carbocycles. The smallest absolute Gasteiger partial charge is 0.322 e. The van der Waals surface area contributed by atoms with Crippen LogP contribution in [0.15, 0.2) is 41.7 Å². The van der Waals surface area contributed by atoms with Gasteiger partial charge in [-0.05, 0) is 25.1 Å². The minimum atomic E-state index is -1.33. The van der Waals surface area contributed by atoms with Gasteiger partial charge < -0.3 is 14.4 Å². The molecule has 2 aromatic heterocycles. The molecule has 0 fully saturated rings. The Morgan fingerprint density at radius 1 is 1.30 bits per heavy atom. The Morgan fingerprint density at radius 2 is 2.13 bits per heavy atom. The molecule has 3 rings (SSSR count). The van der Waals surface area contributed by atoms with Gasteiger partial charge >= 0.3 is 5.16 Å². The van der Waals surface area contributed by atoms with E-state index >= 15 is 0 Å². The second kappa shape index (κ2) is 6.99. The van der Waals surface area contributed by atoms with Gasteiger partial charge in [-0.2, -0.15) is 4.98 Å². The number of para-hydroxylation sites is 2. The van der Waals surface area contributed by atoms with E-state index in [0.29, 0.717) is 16.6 Å². The summed E-state index contributed by atoms with van der Waals surface area (Å²) in [7, 11) is 0. The quantitative estimate of drug-likeness (QED) is 0.673. The number of aromatic amines is 1. The normalized spacial score (nSPS) is 12.5. The standard InChI is InChI=1S/C16H17N3O3S/c1-11-14(17-7-6-15(11)22-9-8-20)10-23(21)16-18-12-4-2-3-5-13(12)19-16/h2-7,20H,8-10H2,1H3,(H,18,19). The van der Waals surface area contributed by atoms with Gasteiger partial charge in [-0.1, -0.05) is 12.1 Å². The molecule has 2 N–H and O–H groups in total. The van der Waals surface area contributed by atoms with Crippen LogP contribution < -0.4 is 4.74 Å². The number of rotatable bonds is 6. The number of pyridine rings is 1. The molecule has 2 heterocycles. The van der Waals surface area contributed by atoms with Crippen LogP contribution in [0.1, 0.15) is 11.3 Å². The van der Waals surface area contributed by atoms with Crippen LogP contribution in [-0.2, 0) is 16.9 Å². The molecule has 1 atom stereocenters. The zero-order chi connectivity index (χ0) is 16.2. The number of fused-ring (bicyclic) bond motifs is 1. The molecule has 7 heteroatoms. The van der Waals surface area contributed by atoms with E-state index in [2.05, 4.69) is 15.0 Å². The number of nitrogens with one attached hydrogen (secondary N) is 1. The second-order valence-electron chi connectivity index (χ2n) is 5.00. The monoisotopic (exact) mass is 331 g/mol. The van der Waals surface area contributed by atoms with Crippen molar-refractivity contribution in [2.75, 3.05) is 13.2 Å². The van der Waals surface area contributed by atoms with Crippen LogP contribution in [0.4, 0.5) is 0 Å². The molecule has 0 radical (unpaired) electrons. The van der Waals surface area contributed by atoms with Crippen LogP contribution in [-0.4, -0.2) is 37.8 Å². The van der Waals surface area contributed by atoms with Crippen LogP contribution >= 0.6 is 0 Å². The summed E-state index contributed by atoms with van der Waals surface area (Å²) < 4.78 is 18.0. The molecule has 1 unspecified atom stereocenters. The first-order chi connectivity index (χ1) is 11.2. The summed E-state index contributed by atoms with van der Waals surface area (Å²) in [6.45, 7) is 2.03. The number of aliphatic hydroxyl groups excluding tert-OH is 1. The predicted molar refractivity (Wildman–Crippen MR) is 87.8 cm³/mol. The van der Waals surface area contributed by atoms with E-state index in [0.717, 1.165) is 16.6 Å². The van der Waals surface area contributed by atoms with Gasteiger partial charge in [0, 0.05) is 22.9 Å². The van der Waals surface area contributed by atoms with E-state index in [1.165, 1.54) is 0 Å². The largest absolute Gasteiger partial charge is 0.609 e. The van der Waals surface area contributed by atoms with Gasteiger partial charge in [0.05, 0.1) is 23.3 Å². The Morgan fingerprint density at radius 3 is 2.91 bits per heavy atom. The first kappa shape index (κ1) is 15.8. The molecule has 0 aliphatic heterocycles. The number of H-pyrrole nitrogens is 1. The molecule has 0 aliphatic carbocycles. The molecule has 0 saturated heterocycles. The third-order valence-corrected chi connectivity index (χ3v) is 4.62.